The van der Waals surface area contributed by atoms with Crippen LogP contribution >= 0.6 is 0 Å². The Balaban J connectivity index is 2.33. The molecular formula is C18H23NO2. The van der Waals surface area contributed by atoms with Crippen molar-refractivity contribution in [3.05, 3.63) is 48.0 Å². The van der Waals surface area contributed by atoms with Crippen molar-refractivity contribution in [3.8, 4) is 22.6 Å². The molecular weight excluding hydrogens is 262 g/mol. The summed E-state index contributed by atoms with van der Waals surface area (Å²) in [5.74, 6) is 1.78. The lowest BCUT2D eigenvalue weighted by Crippen LogP contribution is -2.22. The molecule has 2 aromatic carbocycles. The maximum absolute atomic E-state index is 5.45. The van der Waals surface area contributed by atoms with E-state index in [0.29, 0.717) is 6.04 Å². The van der Waals surface area contributed by atoms with Crippen molar-refractivity contribution in [2.75, 3.05) is 14.2 Å². The molecule has 112 valence electrons. The minimum Gasteiger partial charge on any atom is -0.497 e. The Kier molecular flexibility index (Phi) is 5.23. The highest BCUT2D eigenvalue weighted by atomic mass is 16.5. The number of rotatable bonds is 6. The fourth-order valence-electron chi connectivity index (χ4n) is 2.21. The van der Waals surface area contributed by atoms with E-state index in [1.54, 1.807) is 14.2 Å². The third-order valence-electron chi connectivity index (χ3n) is 3.38. The normalized spacial score (nSPS) is 10.7. The molecule has 0 aromatic heterocycles. The van der Waals surface area contributed by atoms with E-state index in [1.165, 1.54) is 0 Å². The molecule has 0 radical (unpaired) electrons. The van der Waals surface area contributed by atoms with Gasteiger partial charge >= 0.3 is 0 Å². The molecule has 0 amide bonds. The molecule has 0 spiro atoms. The fourth-order valence-corrected chi connectivity index (χ4v) is 2.21. The van der Waals surface area contributed by atoms with E-state index in [9.17, 15) is 0 Å². The van der Waals surface area contributed by atoms with Gasteiger partial charge in [0.05, 0.1) is 14.2 Å². The van der Waals surface area contributed by atoms with Crippen molar-refractivity contribution < 1.29 is 9.47 Å². The molecule has 3 heteroatoms. The van der Waals surface area contributed by atoms with Crippen LogP contribution in [0, 0.1) is 0 Å². The lowest BCUT2D eigenvalue weighted by Gasteiger charge is -2.14. The molecule has 0 heterocycles. The molecule has 0 atom stereocenters. The zero-order valence-electron chi connectivity index (χ0n) is 13.1. The molecule has 0 aliphatic rings. The Bertz CT molecular complexity index is 594. The summed E-state index contributed by atoms with van der Waals surface area (Å²) in [7, 11) is 3.39. The number of nitrogens with one attached hydrogen (secondary N) is 1. The predicted molar refractivity (Wildman–Crippen MR) is 87.0 cm³/mol. The summed E-state index contributed by atoms with van der Waals surface area (Å²) in [6.07, 6.45) is 0. The molecule has 2 aromatic rings. The smallest absolute Gasteiger partial charge is 0.123 e. The molecule has 1 N–H and O–H groups in total. The lowest BCUT2D eigenvalue weighted by atomic mass is 10.0. The van der Waals surface area contributed by atoms with E-state index >= 15 is 0 Å². The van der Waals surface area contributed by atoms with Crippen LogP contribution in [0.25, 0.3) is 11.1 Å². The van der Waals surface area contributed by atoms with Crippen LogP contribution in [0.2, 0.25) is 0 Å². The van der Waals surface area contributed by atoms with Gasteiger partial charge in [-0.1, -0.05) is 32.0 Å². The first-order chi connectivity index (χ1) is 10.1. The quantitative estimate of drug-likeness (QED) is 0.874. The van der Waals surface area contributed by atoms with Crippen LogP contribution in [-0.2, 0) is 6.54 Å². The van der Waals surface area contributed by atoms with Crippen molar-refractivity contribution in [2.24, 2.45) is 0 Å². The molecule has 2 rings (SSSR count). The SMILES string of the molecule is COc1cccc(-c2ccc(OC)c(CNC(C)C)c2)c1. The largest absolute Gasteiger partial charge is 0.497 e. The molecule has 21 heavy (non-hydrogen) atoms. The Morgan fingerprint density at radius 1 is 0.952 bits per heavy atom. The Morgan fingerprint density at radius 3 is 2.38 bits per heavy atom. The molecule has 0 saturated carbocycles. The van der Waals surface area contributed by atoms with Crippen molar-refractivity contribution in [3.63, 3.8) is 0 Å². The number of hydrogen-bond donors (Lipinski definition) is 1. The summed E-state index contributed by atoms with van der Waals surface area (Å²) in [5.41, 5.74) is 3.46. The number of benzene rings is 2. The van der Waals surface area contributed by atoms with Gasteiger partial charge in [-0.05, 0) is 35.4 Å². The van der Waals surface area contributed by atoms with E-state index in [4.69, 9.17) is 9.47 Å². The zero-order valence-corrected chi connectivity index (χ0v) is 13.1. The number of methoxy groups -OCH3 is 2. The van der Waals surface area contributed by atoms with Gasteiger partial charge < -0.3 is 14.8 Å². The topological polar surface area (TPSA) is 30.5 Å². The maximum atomic E-state index is 5.45. The van der Waals surface area contributed by atoms with Gasteiger partial charge in [-0.25, -0.2) is 0 Å². The van der Waals surface area contributed by atoms with E-state index in [2.05, 4.69) is 37.4 Å². The van der Waals surface area contributed by atoms with Gasteiger partial charge in [0, 0.05) is 18.2 Å². The van der Waals surface area contributed by atoms with Crippen molar-refractivity contribution in [2.45, 2.75) is 26.4 Å². The lowest BCUT2D eigenvalue weighted by molar-refractivity contribution is 0.406. The van der Waals surface area contributed by atoms with Crippen LogP contribution in [-0.4, -0.2) is 20.3 Å². The molecule has 0 bridgehead atoms. The first kappa shape index (κ1) is 15.4. The summed E-state index contributed by atoms with van der Waals surface area (Å²) < 4.78 is 10.7. The second-order valence-electron chi connectivity index (χ2n) is 5.29. The standard InChI is InChI=1S/C18H23NO2/c1-13(2)19-12-16-10-15(8-9-18(16)21-4)14-6-5-7-17(11-14)20-3/h5-11,13,19H,12H2,1-4H3. The molecule has 0 unspecified atom stereocenters. The first-order valence-electron chi connectivity index (χ1n) is 7.18. The highest BCUT2D eigenvalue weighted by molar-refractivity contribution is 5.67. The molecule has 0 aliphatic heterocycles. The average Bonchev–Trinajstić information content (AvgIpc) is 2.52. The third kappa shape index (κ3) is 3.99. The van der Waals surface area contributed by atoms with Gasteiger partial charge in [-0.3, -0.25) is 0 Å². The Labute approximate surface area is 126 Å². The van der Waals surface area contributed by atoms with Gasteiger partial charge in [0.2, 0.25) is 0 Å². The highest BCUT2D eigenvalue weighted by Crippen LogP contribution is 2.28. The molecule has 0 aliphatic carbocycles. The number of hydrogen-bond acceptors (Lipinski definition) is 3. The summed E-state index contributed by atoms with van der Waals surface area (Å²) in [5, 5.41) is 3.43. The molecule has 3 nitrogen and oxygen atoms in total. The second-order valence-corrected chi connectivity index (χ2v) is 5.29. The van der Waals surface area contributed by atoms with E-state index in [0.717, 1.165) is 34.7 Å². The first-order valence-corrected chi connectivity index (χ1v) is 7.18. The third-order valence-corrected chi connectivity index (χ3v) is 3.38. The summed E-state index contributed by atoms with van der Waals surface area (Å²) in [4.78, 5) is 0. The minimum atomic E-state index is 0.440. The van der Waals surface area contributed by atoms with E-state index < -0.39 is 0 Å². The minimum absolute atomic E-state index is 0.440. The van der Waals surface area contributed by atoms with Crippen LogP contribution in [0.5, 0.6) is 11.5 Å². The van der Waals surface area contributed by atoms with Gasteiger partial charge in [0.15, 0.2) is 0 Å². The van der Waals surface area contributed by atoms with Gasteiger partial charge in [-0.2, -0.15) is 0 Å². The van der Waals surface area contributed by atoms with Crippen LogP contribution in [0.15, 0.2) is 42.5 Å². The maximum Gasteiger partial charge on any atom is 0.123 e. The van der Waals surface area contributed by atoms with Gasteiger partial charge in [0.25, 0.3) is 0 Å². The van der Waals surface area contributed by atoms with Crippen molar-refractivity contribution >= 4 is 0 Å². The van der Waals surface area contributed by atoms with Crippen LogP contribution < -0.4 is 14.8 Å². The van der Waals surface area contributed by atoms with Crippen LogP contribution in [0.1, 0.15) is 19.4 Å². The van der Waals surface area contributed by atoms with Crippen LogP contribution in [0.3, 0.4) is 0 Å². The average molecular weight is 285 g/mol. The monoisotopic (exact) mass is 285 g/mol. The second kappa shape index (κ2) is 7.14. The van der Waals surface area contributed by atoms with Crippen molar-refractivity contribution in [1.29, 1.82) is 0 Å². The van der Waals surface area contributed by atoms with Crippen molar-refractivity contribution in [1.82, 2.24) is 5.32 Å². The number of ether oxygens (including phenoxy) is 2. The summed E-state index contributed by atoms with van der Waals surface area (Å²) in [6, 6.07) is 14.8. The zero-order chi connectivity index (χ0) is 15.2. The van der Waals surface area contributed by atoms with Gasteiger partial charge in [-0.15, -0.1) is 0 Å². The fraction of sp³-hybridized carbons (Fsp3) is 0.333. The predicted octanol–water partition coefficient (Wildman–Crippen LogP) is 3.87. The highest BCUT2D eigenvalue weighted by Gasteiger charge is 2.07. The Hall–Kier alpha value is -2.00. The van der Waals surface area contributed by atoms with E-state index in [1.807, 2.05) is 24.3 Å². The van der Waals surface area contributed by atoms with Gasteiger partial charge in [0.1, 0.15) is 11.5 Å². The summed E-state index contributed by atoms with van der Waals surface area (Å²) in [6.45, 7) is 5.06. The molecule has 0 saturated heterocycles. The van der Waals surface area contributed by atoms with Crippen LogP contribution in [0.4, 0.5) is 0 Å². The Morgan fingerprint density at radius 2 is 1.71 bits per heavy atom. The van der Waals surface area contributed by atoms with E-state index in [-0.39, 0.29) is 0 Å². The summed E-state index contributed by atoms with van der Waals surface area (Å²) >= 11 is 0. The molecule has 0 fully saturated rings.